The maximum absolute atomic E-state index is 9.93. The molecule has 2 aromatic rings. The van der Waals surface area contributed by atoms with E-state index in [1.54, 1.807) is 6.08 Å². The van der Waals surface area contributed by atoms with Crippen molar-refractivity contribution in [3.63, 3.8) is 0 Å². The van der Waals surface area contributed by atoms with E-state index in [1.165, 1.54) is 10.4 Å². The van der Waals surface area contributed by atoms with Gasteiger partial charge >= 0.3 is 0 Å². The average molecular weight is 449 g/mol. The van der Waals surface area contributed by atoms with Gasteiger partial charge in [-0.2, -0.15) is 0 Å². The second-order valence-corrected chi connectivity index (χ2v) is 13.9. The number of allylic oxidation sites excluding steroid dienone is 2. The molecule has 0 aliphatic rings. The van der Waals surface area contributed by atoms with Gasteiger partial charge < -0.3 is 9.53 Å². The first-order valence-corrected chi connectivity index (χ1v) is 13.5. The molecule has 1 atom stereocenters. The fraction of sp³-hybridized carbons (Fsp3) is 0.379. The molecule has 172 valence electrons. The zero-order valence-corrected chi connectivity index (χ0v) is 21.1. The minimum absolute atomic E-state index is 0.0300. The first-order valence-electron chi connectivity index (χ1n) is 11.6. The lowest BCUT2D eigenvalue weighted by Crippen LogP contribution is -2.66. The lowest BCUT2D eigenvalue weighted by Gasteiger charge is -2.43. The van der Waals surface area contributed by atoms with E-state index in [9.17, 15) is 5.11 Å². The summed E-state index contributed by atoms with van der Waals surface area (Å²) in [6.45, 7) is 19.4. The highest BCUT2D eigenvalue weighted by atomic mass is 28.4. The topological polar surface area (TPSA) is 29.5 Å². The molecular weight excluding hydrogens is 408 g/mol. The second-order valence-electron chi connectivity index (χ2n) is 9.60. The van der Waals surface area contributed by atoms with E-state index in [0.717, 1.165) is 19.3 Å². The molecular formula is C29H40O2Si. The molecule has 1 N–H and O–H groups in total. The highest BCUT2D eigenvalue weighted by Crippen LogP contribution is 2.38. The van der Waals surface area contributed by atoms with Crippen molar-refractivity contribution >= 4 is 18.7 Å². The van der Waals surface area contributed by atoms with Crippen LogP contribution < -0.4 is 10.4 Å². The quantitative estimate of drug-likeness (QED) is 0.230. The molecule has 0 aliphatic carbocycles. The summed E-state index contributed by atoms with van der Waals surface area (Å²) in [4.78, 5) is 0. The lowest BCUT2D eigenvalue weighted by molar-refractivity contribution is 0.190. The number of hydrogen-bond acceptors (Lipinski definition) is 2. The van der Waals surface area contributed by atoms with Crippen LogP contribution in [-0.2, 0) is 4.43 Å². The molecule has 0 saturated carbocycles. The van der Waals surface area contributed by atoms with Crippen molar-refractivity contribution in [1.82, 2.24) is 0 Å². The van der Waals surface area contributed by atoms with Gasteiger partial charge in [-0.05, 0) is 41.1 Å². The van der Waals surface area contributed by atoms with E-state index in [4.69, 9.17) is 4.43 Å². The summed E-state index contributed by atoms with van der Waals surface area (Å²) in [7, 11) is -2.51. The van der Waals surface area contributed by atoms with E-state index in [2.05, 4.69) is 101 Å². The number of rotatable bonds is 13. The van der Waals surface area contributed by atoms with Crippen molar-refractivity contribution in [2.75, 3.05) is 6.61 Å². The molecule has 0 bridgehead atoms. The summed E-state index contributed by atoms with van der Waals surface area (Å²) < 4.78 is 7.00. The smallest absolute Gasteiger partial charge is 0.261 e. The zero-order chi connectivity index (χ0) is 23.7. The van der Waals surface area contributed by atoms with Gasteiger partial charge in [0.1, 0.15) is 0 Å². The van der Waals surface area contributed by atoms with Gasteiger partial charge in [0, 0.05) is 12.0 Å². The van der Waals surface area contributed by atoms with Gasteiger partial charge in [0.2, 0.25) is 0 Å². The Balaban J connectivity index is 2.27. The summed E-state index contributed by atoms with van der Waals surface area (Å²) in [6.07, 6.45) is 8.26. The van der Waals surface area contributed by atoms with E-state index < -0.39 is 14.4 Å². The Labute approximate surface area is 196 Å². The van der Waals surface area contributed by atoms with Crippen LogP contribution in [0.3, 0.4) is 0 Å². The van der Waals surface area contributed by atoms with Crippen LogP contribution in [-0.4, -0.2) is 26.1 Å². The minimum Gasteiger partial charge on any atom is -0.407 e. The zero-order valence-electron chi connectivity index (χ0n) is 20.1. The van der Waals surface area contributed by atoms with Gasteiger partial charge in [-0.15, -0.1) is 19.7 Å². The van der Waals surface area contributed by atoms with E-state index in [0.29, 0.717) is 13.0 Å². The fourth-order valence-electron chi connectivity index (χ4n) is 4.54. The average Bonchev–Trinajstić information content (AvgIpc) is 2.81. The third kappa shape index (κ3) is 5.98. The Bertz CT molecular complexity index is 804. The van der Waals surface area contributed by atoms with Crippen LogP contribution in [0, 0.1) is 5.41 Å². The van der Waals surface area contributed by atoms with E-state index in [1.807, 2.05) is 12.2 Å². The Kier molecular flexibility index (Phi) is 9.44. The molecule has 0 spiro atoms. The predicted octanol–water partition coefficient (Wildman–Crippen LogP) is 6.03. The van der Waals surface area contributed by atoms with Gasteiger partial charge in [0.25, 0.3) is 8.32 Å². The fourth-order valence-corrected chi connectivity index (χ4v) is 9.15. The summed E-state index contributed by atoms with van der Waals surface area (Å²) in [5.74, 6) is 0. The first kappa shape index (κ1) is 26.1. The van der Waals surface area contributed by atoms with Gasteiger partial charge in [-0.1, -0.05) is 99.7 Å². The summed E-state index contributed by atoms with van der Waals surface area (Å²) in [5.41, 5.74) is -0.210. The maximum Gasteiger partial charge on any atom is 0.261 e. The molecule has 0 radical (unpaired) electrons. The predicted molar refractivity (Wildman–Crippen MR) is 141 cm³/mol. The Morgan fingerprint density at radius 3 is 1.78 bits per heavy atom. The second kappa shape index (κ2) is 11.6. The normalized spacial score (nSPS) is 13.4. The lowest BCUT2D eigenvalue weighted by atomic mass is 9.78. The largest absolute Gasteiger partial charge is 0.407 e. The van der Waals surface area contributed by atoms with Crippen LogP contribution in [0.15, 0.2) is 98.6 Å². The number of hydrogen-bond donors (Lipinski definition) is 1. The highest BCUT2D eigenvalue weighted by molar-refractivity contribution is 6.99. The monoisotopic (exact) mass is 448 g/mol. The third-order valence-electron chi connectivity index (χ3n) is 6.51. The van der Waals surface area contributed by atoms with Crippen molar-refractivity contribution < 1.29 is 9.53 Å². The molecule has 0 amide bonds. The summed E-state index contributed by atoms with van der Waals surface area (Å²) in [5, 5.41) is 12.5. The highest BCUT2D eigenvalue weighted by Gasteiger charge is 2.50. The van der Waals surface area contributed by atoms with Crippen molar-refractivity contribution in [2.24, 2.45) is 5.41 Å². The van der Waals surface area contributed by atoms with Crippen LogP contribution in [0.25, 0.3) is 0 Å². The van der Waals surface area contributed by atoms with E-state index >= 15 is 0 Å². The summed E-state index contributed by atoms with van der Waals surface area (Å²) in [6, 6.07) is 21.5. The number of aliphatic hydroxyl groups excluding tert-OH is 1. The van der Waals surface area contributed by atoms with Crippen molar-refractivity contribution in [2.45, 2.75) is 57.6 Å². The molecule has 0 unspecified atom stereocenters. The first-order chi connectivity index (χ1) is 15.2. The number of aliphatic hydroxyl groups is 1. The van der Waals surface area contributed by atoms with Crippen molar-refractivity contribution in [1.29, 1.82) is 0 Å². The van der Waals surface area contributed by atoms with Crippen molar-refractivity contribution in [3.8, 4) is 0 Å². The molecule has 2 nitrogen and oxygen atoms in total. The van der Waals surface area contributed by atoms with Crippen molar-refractivity contribution in [3.05, 3.63) is 98.6 Å². The Morgan fingerprint density at radius 1 is 0.875 bits per heavy atom. The van der Waals surface area contributed by atoms with Crippen LogP contribution in [0.5, 0.6) is 0 Å². The van der Waals surface area contributed by atoms with Gasteiger partial charge in [-0.3, -0.25) is 0 Å². The SMILES string of the molecule is C=C[C@@H](O)CCC(C=C)(C=C)CCCO[Si](c1ccccc1)(c1ccccc1)C(C)(C)C. The molecule has 0 heterocycles. The third-order valence-corrected chi connectivity index (χ3v) is 11.6. The minimum atomic E-state index is -2.51. The molecule has 2 aromatic carbocycles. The number of benzene rings is 2. The molecule has 0 aromatic heterocycles. The maximum atomic E-state index is 9.93. The van der Waals surface area contributed by atoms with Crippen LogP contribution in [0.1, 0.15) is 46.5 Å². The molecule has 0 fully saturated rings. The van der Waals surface area contributed by atoms with Crippen LogP contribution in [0.4, 0.5) is 0 Å². The Hall–Kier alpha value is -2.20. The molecule has 32 heavy (non-hydrogen) atoms. The molecule has 2 rings (SSSR count). The molecule has 3 heteroatoms. The Morgan fingerprint density at radius 2 is 1.38 bits per heavy atom. The van der Waals surface area contributed by atoms with Crippen LogP contribution >= 0.6 is 0 Å². The molecule has 0 aliphatic heterocycles. The summed E-state index contributed by atoms with van der Waals surface area (Å²) >= 11 is 0. The standard InChI is InChI=1S/C29H40O2Si/c1-7-25(30)21-23-29(8-2,9-3)22-16-24-31-32(28(4,5)6,26-17-12-10-13-18-26)27-19-14-11-15-20-27/h7-15,17-20,25,30H,1-3,16,21-24H2,4-6H3/t25-/m1/s1. The van der Waals surface area contributed by atoms with E-state index in [-0.39, 0.29) is 10.5 Å². The van der Waals surface area contributed by atoms with Gasteiger partial charge in [0.05, 0.1) is 6.10 Å². The van der Waals surface area contributed by atoms with Crippen LogP contribution in [0.2, 0.25) is 5.04 Å². The van der Waals surface area contributed by atoms with Gasteiger partial charge in [0.15, 0.2) is 0 Å². The molecule has 0 saturated heterocycles. The van der Waals surface area contributed by atoms with Gasteiger partial charge in [-0.25, -0.2) is 0 Å².